The molecular weight excluding hydrogens is 244 g/mol. The molecule has 1 saturated heterocycles. The first-order valence-electron chi connectivity index (χ1n) is 7.33. The van der Waals surface area contributed by atoms with Crippen LogP contribution in [0.3, 0.4) is 0 Å². The largest absolute Gasteiger partial charge is 0.355 e. The Labute approximate surface area is 115 Å². The fourth-order valence-corrected chi connectivity index (χ4v) is 3.77. The molecule has 0 bridgehead atoms. The zero-order valence-electron chi connectivity index (χ0n) is 11.5. The molecule has 2 aliphatic rings. The van der Waals surface area contributed by atoms with E-state index in [0.29, 0.717) is 16.4 Å². The summed E-state index contributed by atoms with van der Waals surface area (Å²) < 4.78 is 0. The summed E-state index contributed by atoms with van der Waals surface area (Å²) >= 11 is 1.84. The first-order chi connectivity index (χ1) is 8.74. The van der Waals surface area contributed by atoms with Gasteiger partial charge in [0.25, 0.3) is 0 Å². The highest BCUT2D eigenvalue weighted by Crippen LogP contribution is 2.48. The van der Waals surface area contributed by atoms with Crippen molar-refractivity contribution in [1.82, 2.24) is 10.6 Å². The molecule has 2 fully saturated rings. The lowest BCUT2D eigenvalue weighted by atomic mass is 10.0. The number of piperidine rings is 1. The van der Waals surface area contributed by atoms with Gasteiger partial charge in [0, 0.05) is 11.8 Å². The number of hydrogen-bond acceptors (Lipinski definition) is 3. The van der Waals surface area contributed by atoms with Gasteiger partial charge in [-0.1, -0.05) is 13.3 Å². The number of carbonyl (C=O) groups excluding carboxylic acids is 1. The van der Waals surface area contributed by atoms with E-state index >= 15 is 0 Å². The van der Waals surface area contributed by atoms with Crippen molar-refractivity contribution in [1.29, 1.82) is 0 Å². The summed E-state index contributed by atoms with van der Waals surface area (Å²) in [6, 6.07) is 0. The summed E-state index contributed by atoms with van der Waals surface area (Å²) in [4.78, 5) is 11.8. The average Bonchev–Trinajstić information content (AvgIpc) is 3.16. The predicted molar refractivity (Wildman–Crippen MR) is 77.9 cm³/mol. The first kappa shape index (κ1) is 14.2. The van der Waals surface area contributed by atoms with Crippen LogP contribution in [0.15, 0.2) is 0 Å². The summed E-state index contributed by atoms with van der Waals surface area (Å²) in [5.74, 6) is 0.883. The van der Waals surface area contributed by atoms with E-state index in [1.165, 1.54) is 38.5 Å². The highest BCUT2D eigenvalue weighted by atomic mass is 32.2. The third kappa shape index (κ3) is 4.47. The molecule has 0 radical (unpaired) electrons. The van der Waals surface area contributed by atoms with Crippen molar-refractivity contribution in [2.24, 2.45) is 5.41 Å². The Morgan fingerprint density at radius 3 is 2.72 bits per heavy atom. The summed E-state index contributed by atoms with van der Waals surface area (Å²) in [6.45, 7) is 5.36. The summed E-state index contributed by atoms with van der Waals surface area (Å²) in [5.41, 5.74) is 0.476. The van der Waals surface area contributed by atoms with Crippen molar-refractivity contribution in [3.8, 4) is 0 Å². The molecule has 0 atom stereocenters. The maximum absolute atomic E-state index is 11.8. The second kappa shape index (κ2) is 6.80. The van der Waals surface area contributed by atoms with Crippen LogP contribution in [0.25, 0.3) is 0 Å². The fourth-order valence-electron chi connectivity index (χ4n) is 2.72. The molecular formula is C14H26N2OS. The SMILES string of the molecule is CCCC1(CNC(=O)CSC2CCNCC2)CC1. The van der Waals surface area contributed by atoms with E-state index in [-0.39, 0.29) is 5.91 Å². The zero-order chi connectivity index (χ0) is 12.8. The molecule has 18 heavy (non-hydrogen) atoms. The van der Waals surface area contributed by atoms with Gasteiger partial charge in [0.15, 0.2) is 0 Å². The number of rotatable bonds is 7. The van der Waals surface area contributed by atoms with Crippen molar-refractivity contribution in [2.45, 2.75) is 50.7 Å². The topological polar surface area (TPSA) is 41.1 Å². The minimum atomic E-state index is 0.237. The highest BCUT2D eigenvalue weighted by molar-refractivity contribution is 8.00. The third-order valence-corrected chi connectivity index (χ3v) is 5.51. The van der Waals surface area contributed by atoms with Gasteiger partial charge in [0.05, 0.1) is 5.75 Å². The molecule has 3 nitrogen and oxygen atoms in total. The monoisotopic (exact) mass is 270 g/mol. The molecule has 0 unspecified atom stereocenters. The average molecular weight is 270 g/mol. The third-order valence-electron chi connectivity index (χ3n) is 4.13. The van der Waals surface area contributed by atoms with E-state index < -0.39 is 0 Å². The van der Waals surface area contributed by atoms with Gasteiger partial charge in [-0.25, -0.2) is 0 Å². The molecule has 1 heterocycles. The normalized spacial score (nSPS) is 22.7. The van der Waals surface area contributed by atoms with Gasteiger partial charge < -0.3 is 10.6 Å². The van der Waals surface area contributed by atoms with Crippen molar-refractivity contribution in [3.05, 3.63) is 0 Å². The number of hydrogen-bond donors (Lipinski definition) is 2. The molecule has 1 aliphatic heterocycles. The van der Waals surface area contributed by atoms with Gasteiger partial charge in [-0.05, 0) is 50.6 Å². The van der Waals surface area contributed by atoms with Crippen LogP contribution in [0.4, 0.5) is 0 Å². The molecule has 0 aromatic carbocycles. The Balaban J connectivity index is 1.57. The van der Waals surface area contributed by atoms with Gasteiger partial charge in [0.1, 0.15) is 0 Å². The Morgan fingerprint density at radius 2 is 2.11 bits per heavy atom. The zero-order valence-corrected chi connectivity index (χ0v) is 12.3. The van der Waals surface area contributed by atoms with Crippen LogP contribution in [-0.4, -0.2) is 36.5 Å². The Bertz CT molecular complexity index is 273. The maximum atomic E-state index is 11.8. The fraction of sp³-hybridized carbons (Fsp3) is 0.929. The molecule has 1 amide bonds. The summed E-state index contributed by atoms with van der Waals surface area (Å²) in [6.07, 6.45) is 7.54. The van der Waals surface area contributed by atoms with Crippen molar-refractivity contribution < 1.29 is 4.79 Å². The molecule has 0 spiro atoms. The first-order valence-corrected chi connectivity index (χ1v) is 8.38. The predicted octanol–water partition coefficient (Wildman–Crippen LogP) is 2.17. The number of amides is 1. The molecule has 0 aromatic rings. The van der Waals surface area contributed by atoms with Crippen LogP contribution in [0, 0.1) is 5.41 Å². The minimum absolute atomic E-state index is 0.237. The molecule has 1 aliphatic carbocycles. The van der Waals surface area contributed by atoms with E-state index in [1.54, 1.807) is 0 Å². The van der Waals surface area contributed by atoms with Gasteiger partial charge in [-0.15, -0.1) is 11.8 Å². The van der Waals surface area contributed by atoms with E-state index in [4.69, 9.17) is 0 Å². The smallest absolute Gasteiger partial charge is 0.230 e. The Kier molecular flexibility index (Phi) is 5.37. The standard InChI is InChI=1S/C14H26N2OS/c1-2-5-14(6-7-14)11-16-13(17)10-18-12-3-8-15-9-4-12/h12,15H,2-11H2,1H3,(H,16,17). The summed E-state index contributed by atoms with van der Waals surface area (Å²) in [5, 5.41) is 7.17. The molecule has 0 aromatic heterocycles. The second-order valence-electron chi connectivity index (χ2n) is 5.79. The van der Waals surface area contributed by atoms with E-state index in [9.17, 15) is 4.79 Å². The molecule has 2 N–H and O–H groups in total. The van der Waals surface area contributed by atoms with E-state index in [0.717, 1.165) is 19.6 Å². The molecule has 4 heteroatoms. The second-order valence-corrected chi connectivity index (χ2v) is 7.08. The van der Waals surface area contributed by atoms with Gasteiger partial charge in [-0.3, -0.25) is 4.79 Å². The van der Waals surface area contributed by atoms with Crippen LogP contribution in [0.1, 0.15) is 45.4 Å². The van der Waals surface area contributed by atoms with Crippen LogP contribution >= 0.6 is 11.8 Å². The van der Waals surface area contributed by atoms with Gasteiger partial charge >= 0.3 is 0 Å². The molecule has 104 valence electrons. The van der Waals surface area contributed by atoms with Crippen molar-refractivity contribution in [2.75, 3.05) is 25.4 Å². The minimum Gasteiger partial charge on any atom is -0.355 e. The number of carbonyl (C=O) groups is 1. The Morgan fingerprint density at radius 1 is 1.39 bits per heavy atom. The van der Waals surface area contributed by atoms with E-state index in [2.05, 4.69) is 17.6 Å². The van der Waals surface area contributed by atoms with Crippen LogP contribution < -0.4 is 10.6 Å². The number of thioether (sulfide) groups is 1. The van der Waals surface area contributed by atoms with Crippen molar-refractivity contribution in [3.63, 3.8) is 0 Å². The van der Waals surface area contributed by atoms with Gasteiger partial charge in [0.2, 0.25) is 5.91 Å². The lowest BCUT2D eigenvalue weighted by Crippen LogP contribution is -2.33. The quantitative estimate of drug-likeness (QED) is 0.745. The molecule has 1 saturated carbocycles. The lowest BCUT2D eigenvalue weighted by molar-refractivity contribution is -0.118. The number of nitrogens with one attached hydrogen (secondary N) is 2. The lowest BCUT2D eigenvalue weighted by Gasteiger charge is -2.22. The summed E-state index contributed by atoms with van der Waals surface area (Å²) in [7, 11) is 0. The maximum Gasteiger partial charge on any atom is 0.230 e. The Hall–Kier alpha value is -0.220. The van der Waals surface area contributed by atoms with Crippen molar-refractivity contribution >= 4 is 17.7 Å². The van der Waals surface area contributed by atoms with Crippen LogP contribution in [0.2, 0.25) is 0 Å². The van der Waals surface area contributed by atoms with Gasteiger partial charge in [-0.2, -0.15) is 0 Å². The molecule has 2 rings (SSSR count). The highest BCUT2D eigenvalue weighted by Gasteiger charge is 2.41. The van der Waals surface area contributed by atoms with E-state index in [1.807, 2.05) is 11.8 Å². The van der Waals surface area contributed by atoms with Crippen LogP contribution in [-0.2, 0) is 4.79 Å². The van der Waals surface area contributed by atoms with Crippen LogP contribution in [0.5, 0.6) is 0 Å².